The molecule has 0 spiro atoms. The number of thiocarbonyl (C=S) groups is 1. The number of nitrogens with one attached hydrogen (secondary N) is 1. The van der Waals surface area contributed by atoms with E-state index >= 15 is 0 Å². The average Bonchev–Trinajstić information content (AvgIpc) is 2.36. The molecule has 2 aromatic rings. The first-order chi connectivity index (χ1) is 10.3. The maximum absolute atomic E-state index is 9.67. The number of phenols is 2. The number of hydrazone groups is 1. The quantitative estimate of drug-likeness (QED) is 0.331. The lowest BCUT2D eigenvalue weighted by Gasteiger charge is -2.10. The molecular formula is C14H11Br2N3O2S. The van der Waals surface area contributed by atoms with Crippen molar-refractivity contribution in [1.29, 1.82) is 0 Å². The van der Waals surface area contributed by atoms with Gasteiger partial charge in [-0.3, -0.25) is 5.43 Å². The smallest absolute Gasteiger partial charge is 0.184 e. The van der Waals surface area contributed by atoms with Crippen LogP contribution in [0.1, 0.15) is 11.1 Å². The summed E-state index contributed by atoms with van der Waals surface area (Å²) < 4.78 is 1.67. The van der Waals surface area contributed by atoms with Crippen LogP contribution in [0.4, 0.5) is 0 Å². The zero-order valence-electron chi connectivity index (χ0n) is 11.0. The Labute approximate surface area is 149 Å². The number of hydrogen-bond donors (Lipinski definition) is 4. The molecule has 0 heterocycles. The Kier molecular flexibility index (Phi) is 5.38. The molecule has 0 aromatic heterocycles. The molecular weight excluding hydrogens is 434 g/mol. The van der Waals surface area contributed by atoms with Crippen LogP contribution in [0.3, 0.4) is 0 Å². The average molecular weight is 445 g/mol. The van der Waals surface area contributed by atoms with Gasteiger partial charge >= 0.3 is 0 Å². The van der Waals surface area contributed by atoms with Crippen LogP contribution in [-0.4, -0.2) is 21.0 Å². The third-order valence-corrected chi connectivity index (χ3v) is 3.60. The van der Waals surface area contributed by atoms with Gasteiger partial charge in [0, 0.05) is 26.1 Å². The maximum Gasteiger partial charge on any atom is 0.184 e. The van der Waals surface area contributed by atoms with Crippen LogP contribution in [0.2, 0.25) is 0 Å². The molecule has 0 saturated carbocycles. The van der Waals surface area contributed by atoms with Gasteiger partial charge in [0.2, 0.25) is 0 Å². The molecule has 0 bridgehead atoms. The second-order valence-corrected chi connectivity index (χ2v) is 6.60. The van der Waals surface area contributed by atoms with E-state index in [-0.39, 0.29) is 16.6 Å². The van der Waals surface area contributed by atoms with Crippen molar-refractivity contribution in [2.45, 2.75) is 0 Å². The van der Waals surface area contributed by atoms with Crippen molar-refractivity contribution in [1.82, 2.24) is 5.43 Å². The lowest BCUT2D eigenvalue weighted by Crippen LogP contribution is -2.26. The molecule has 22 heavy (non-hydrogen) atoms. The lowest BCUT2D eigenvalue weighted by molar-refractivity contribution is 0.450. The zero-order chi connectivity index (χ0) is 16.3. The van der Waals surface area contributed by atoms with Crippen LogP contribution in [0.5, 0.6) is 11.5 Å². The molecule has 2 rings (SSSR count). The molecule has 5 nitrogen and oxygen atoms in total. The van der Waals surface area contributed by atoms with Crippen LogP contribution < -0.4 is 11.2 Å². The van der Waals surface area contributed by atoms with Crippen molar-refractivity contribution in [2.24, 2.45) is 10.8 Å². The van der Waals surface area contributed by atoms with Crippen LogP contribution in [0.25, 0.3) is 0 Å². The fourth-order valence-corrected chi connectivity index (χ4v) is 3.17. The van der Waals surface area contributed by atoms with Gasteiger partial charge in [-0.25, -0.2) is 0 Å². The fourth-order valence-electron chi connectivity index (χ4n) is 1.83. The van der Waals surface area contributed by atoms with E-state index in [0.29, 0.717) is 11.3 Å². The molecule has 0 radical (unpaired) electrons. The minimum atomic E-state index is -0.0768. The van der Waals surface area contributed by atoms with Crippen molar-refractivity contribution in [3.8, 4) is 11.5 Å². The second kappa shape index (κ2) is 7.08. The number of nitrogens with zero attached hydrogens (tertiary/aromatic N) is 1. The number of nitrogens with two attached hydrogens (primary N) is 1. The van der Waals surface area contributed by atoms with Gasteiger partial charge in [0.1, 0.15) is 11.5 Å². The summed E-state index contributed by atoms with van der Waals surface area (Å²) in [7, 11) is 0. The molecule has 0 unspecified atom stereocenters. The van der Waals surface area contributed by atoms with Crippen molar-refractivity contribution in [3.63, 3.8) is 0 Å². The van der Waals surface area contributed by atoms with Gasteiger partial charge in [0.15, 0.2) is 5.11 Å². The molecule has 0 aliphatic heterocycles. The van der Waals surface area contributed by atoms with Crippen molar-refractivity contribution in [2.75, 3.05) is 0 Å². The summed E-state index contributed by atoms with van der Waals surface area (Å²) in [6, 6.07) is 9.75. The Bertz CT molecular complexity index is 672. The standard InChI is InChI=1S/C14H11Br2N3O2S/c15-9-1-7(2-10(16)5-9)13(18-19-14(17)22)8-3-11(20)6-12(21)4-8/h1-6,20-21H,(H3,17,19,22). The second-order valence-electron chi connectivity index (χ2n) is 4.33. The Morgan fingerprint density at radius 2 is 1.45 bits per heavy atom. The number of aromatic hydroxyl groups is 2. The largest absolute Gasteiger partial charge is 0.508 e. The third kappa shape index (κ3) is 4.43. The van der Waals surface area contributed by atoms with E-state index in [1.807, 2.05) is 18.2 Å². The highest BCUT2D eigenvalue weighted by Crippen LogP contribution is 2.26. The summed E-state index contributed by atoms with van der Waals surface area (Å²) in [5.74, 6) is -0.154. The highest BCUT2D eigenvalue weighted by molar-refractivity contribution is 9.11. The maximum atomic E-state index is 9.67. The van der Waals surface area contributed by atoms with E-state index < -0.39 is 0 Å². The van der Waals surface area contributed by atoms with Gasteiger partial charge in [-0.2, -0.15) is 5.10 Å². The molecule has 0 fully saturated rings. The topological polar surface area (TPSA) is 90.9 Å². The van der Waals surface area contributed by atoms with Crippen LogP contribution in [0.15, 0.2) is 50.4 Å². The molecule has 0 saturated heterocycles. The normalized spacial score (nSPS) is 11.3. The van der Waals surface area contributed by atoms with Gasteiger partial charge in [-0.1, -0.05) is 31.9 Å². The first kappa shape index (κ1) is 16.7. The molecule has 0 aliphatic carbocycles. The Morgan fingerprint density at radius 1 is 0.955 bits per heavy atom. The monoisotopic (exact) mass is 443 g/mol. The Hall–Kier alpha value is -1.64. The number of halogens is 2. The summed E-state index contributed by atoms with van der Waals surface area (Å²) >= 11 is 11.6. The van der Waals surface area contributed by atoms with Crippen LogP contribution in [-0.2, 0) is 0 Å². The van der Waals surface area contributed by atoms with Gasteiger partial charge in [-0.05, 0) is 42.5 Å². The summed E-state index contributed by atoms with van der Waals surface area (Å²) in [5.41, 5.74) is 9.63. The Balaban J connectivity index is 2.60. The zero-order valence-corrected chi connectivity index (χ0v) is 15.0. The summed E-state index contributed by atoms with van der Waals surface area (Å²) in [5, 5.41) is 23.5. The van der Waals surface area contributed by atoms with Gasteiger partial charge in [-0.15, -0.1) is 0 Å². The van der Waals surface area contributed by atoms with E-state index in [4.69, 9.17) is 18.0 Å². The van der Waals surface area contributed by atoms with E-state index in [9.17, 15) is 10.2 Å². The van der Waals surface area contributed by atoms with Crippen LogP contribution >= 0.6 is 44.1 Å². The molecule has 0 aliphatic rings. The summed E-state index contributed by atoms with van der Waals surface area (Å²) in [6.45, 7) is 0. The highest BCUT2D eigenvalue weighted by atomic mass is 79.9. The minimum Gasteiger partial charge on any atom is -0.508 e. The fraction of sp³-hybridized carbons (Fsp3) is 0. The van der Waals surface area contributed by atoms with E-state index in [2.05, 4.69) is 42.4 Å². The van der Waals surface area contributed by atoms with Crippen LogP contribution in [0, 0.1) is 0 Å². The number of phenolic OH excluding ortho intramolecular Hbond substituents is 2. The van der Waals surface area contributed by atoms with E-state index in [1.165, 1.54) is 18.2 Å². The first-order valence-electron chi connectivity index (χ1n) is 5.98. The minimum absolute atomic E-state index is 0.0101. The molecule has 114 valence electrons. The molecule has 5 N–H and O–H groups in total. The summed E-state index contributed by atoms with van der Waals surface area (Å²) in [4.78, 5) is 0. The van der Waals surface area contributed by atoms with E-state index in [1.54, 1.807) is 0 Å². The van der Waals surface area contributed by atoms with E-state index in [0.717, 1.165) is 14.5 Å². The highest BCUT2D eigenvalue weighted by Gasteiger charge is 2.12. The third-order valence-electron chi connectivity index (χ3n) is 2.59. The predicted molar refractivity (Wildman–Crippen MR) is 97.2 cm³/mol. The Morgan fingerprint density at radius 3 is 1.95 bits per heavy atom. The molecule has 0 atom stereocenters. The summed E-state index contributed by atoms with van der Waals surface area (Å²) in [6.07, 6.45) is 0. The lowest BCUT2D eigenvalue weighted by atomic mass is 10.0. The van der Waals surface area contributed by atoms with Gasteiger partial charge in [0.05, 0.1) is 5.71 Å². The van der Waals surface area contributed by atoms with Crippen molar-refractivity contribution >= 4 is 54.9 Å². The number of rotatable bonds is 3. The predicted octanol–water partition coefficient (Wildman–Crippen LogP) is 3.21. The SMILES string of the molecule is NC(=S)NN=C(c1cc(O)cc(O)c1)c1cc(Br)cc(Br)c1. The molecule has 0 amide bonds. The van der Waals surface area contributed by atoms with Crippen molar-refractivity contribution < 1.29 is 10.2 Å². The number of hydrogen-bond acceptors (Lipinski definition) is 4. The number of benzene rings is 2. The van der Waals surface area contributed by atoms with Gasteiger partial charge in [0.25, 0.3) is 0 Å². The molecule has 2 aromatic carbocycles. The molecule has 8 heteroatoms. The van der Waals surface area contributed by atoms with Gasteiger partial charge < -0.3 is 15.9 Å². The van der Waals surface area contributed by atoms with Crippen molar-refractivity contribution in [3.05, 3.63) is 56.5 Å². The first-order valence-corrected chi connectivity index (χ1v) is 7.97.